The van der Waals surface area contributed by atoms with E-state index in [2.05, 4.69) is 4.90 Å². The van der Waals surface area contributed by atoms with E-state index in [-0.39, 0.29) is 12.5 Å². The van der Waals surface area contributed by atoms with Gasteiger partial charge in [-0.2, -0.15) is 4.31 Å². The minimum Gasteiger partial charge on any atom is -0.481 e. The molecule has 122 valence electrons. The van der Waals surface area contributed by atoms with E-state index >= 15 is 0 Å². The van der Waals surface area contributed by atoms with Crippen LogP contribution < -0.4 is 0 Å². The van der Waals surface area contributed by atoms with Gasteiger partial charge in [0.1, 0.15) is 0 Å². The number of nitrogens with zero attached hydrogens (tertiary/aromatic N) is 2. The van der Waals surface area contributed by atoms with Crippen LogP contribution >= 0.6 is 0 Å². The van der Waals surface area contributed by atoms with Crippen molar-refractivity contribution in [3.63, 3.8) is 0 Å². The largest absolute Gasteiger partial charge is 0.481 e. The van der Waals surface area contributed by atoms with E-state index in [0.29, 0.717) is 19.6 Å². The molecule has 7 heteroatoms. The van der Waals surface area contributed by atoms with Gasteiger partial charge in [0, 0.05) is 31.7 Å². The number of carbonyl (C=O) groups is 1. The monoisotopic (exact) mass is 326 g/mol. The van der Waals surface area contributed by atoms with Gasteiger partial charge in [-0.15, -0.1) is 0 Å². The predicted octanol–water partition coefficient (Wildman–Crippen LogP) is 0.996. The average molecular weight is 326 g/mol. The third-order valence-corrected chi connectivity index (χ3v) is 5.25. The van der Waals surface area contributed by atoms with Crippen LogP contribution in [0.4, 0.5) is 0 Å². The summed E-state index contributed by atoms with van der Waals surface area (Å²) < 4.78 is 25.3. The molecule has 1 N–H and O–H groups in total. The number of aliphatic carboxylic acids is 1. The summed E-state index contributed by atoms with van der Waals surface area (Å²) in [6.45, 7) is 3.54. The molecule has 1 fully saturated rings. The van der Waals surface area contributed by atoms with Crippen molar-refractivity contribution in [2.24, 2.45) is 0 Å². The van der Waals surface area contributed by atoms with E-state index in [9.17, 15) is 13.2 Å². The molecule has 1 heterocycles. The Kier molecular flexibility index (Phi) is 5.20. The summed E-state index contributed by atoms with van der Waals surface area (Å²) in [5.41, 5.74) is 1.14. The zero-order valence-corrected chi connectivity index (χ0v) is 13.7. The second-order valence-electron chi connectivity index (χ2n) is 5.87. The molecule has 0 unspecified atom stereocenters. The van der Waals surface area contributed by atoms with E-state index in [1.54, 1.807) is 0 Å². The Morgan fingerprint density at radius 2 is 1.91 bits per heavy atom. The second-order valence-corrected chi connectivity index (χ2v) is 7.76. The van der Waals surface area contributed by atoms with E-state index in [4.69, 9.17) is 5.11 Å². The first-order valence-electron chi connectivity index (χ1n) is 7.24. The molecule has 1 aliphatic rings. The van der Waals surface area contributed by atoms with Crippen molar-refractivity contribution in [2.45, 2.75) is 32.0 Å². The molecule has 0 spiro atoms. The van der Waals surface area contributed by atoms with Crippen molar-refractivity contribution < 1.29 is 18.3 Å². The summed E-state index contributed by atoms with van der Waals surface area (Å²) in [4.78, 5) is 13.2. The number of carboxylic acid groups (broad SMARTS) is 1. The number of rotatable bonds is 5. The molecular formula is C15H22N2O4S. The number of hydrogen-bond donors (Lipinski definition) is 1. The molecule has 2 atom stereocenters. The Morgan fingerprint density at radius 3 is 2.45 bits per heavy atom. The van der Waals surface area contributed by atoms with Crippen LogP contribution in [0.2, 0.25) is 0 Å². The Bertz CT molecular complexity index is 618. The maximum atomic E-state index is 12.0. The lowest BCUT2D eigenvalue weighted by Crippen LogP contribution is -2.59. The maximum absolute atomic E-state index is 12.0. The highest BCUT2D eigenvalue weighted by Gasteiger charge is 2.38. The van der Waals surface area contributed by atoms with Crippen LogP contribution in [0.25, 0.3) is 0 Å². The van der Waals surface area contributed by atoms with Crippen molar-refractivity contribution >= 4 is 16.0 Å². The lowest BCUT2D eigenvalue weighted by atomic mass is 10.1. The molecule has 1 aromatic rings. The average Bonchev–Trinajstić information content (AvgIpc) is 2.36. The molecule has 0 saturated carbocycles. The van der Waals surface area contributed by atoms with E-state index in [0.717, 1.165) is 11.8 Å². The van der Waals surface area contributed by atoms with Crippen LogP contribution in [0.15, 0.2) is 30.3 Å². The highest BCUT2D eigenvalue weighted by molar-refractivity contribution is 7.88. The summed E-state index contributed by atoms with van der Waals surface area (Å²) in [5, 5.41) is 9.07. The summed E-state index contributed by atoms with van der Waals surface area (Å²) in [6.07, 6.45) is 0.966. The van der Waals surface area contributed by atoms with Gasteiger partial charge in [0.15, 0.2) is 0 Å². The van der Waals surface area contributed by atoms with Crippen LogP contribution in [-0.2, 0) is 21.4 Å². The third kappa shape index (κ3) is 4.28. The molecular weight excluding hydrogens is 304 g/mol. The lowest BCUT2D eigenvalue weighted by Gasteiger charge is -2.43. The number of sulfonamides is 1. The van der Waals surface area contributed by atoms with Gasteiger partial charge >= 0.3 is 5.97 Å². The van der Waals surface area contributed by atoms with Crippen LogP contribution in [0, 0.1) is 0 Å². The van der Waals surface area contributed by atoms with Crippen LogP contribution in [0.3, 0.4) is 0 Å². The number of piperazine rings is 1. The third-order valence-electron chi connectivity index (χ3n) is 3.83. The normalized spacial score (nSPS) is 24.3. The number of benzene rings is 1. The summed E-state index contributed by atoms with van der Waals surface area (Å²) in [7, 11) is -3.42. The number of hydrogen-bond acceptors (Lipinski definition) is 4. The van der Waals surface area contributed by atoms with Crippen molar-refractivity contribution in [1.29, 1.82) is 0 Å². The van der Waals surface area contributed by atoms with Gasteiger partial charge in [0.2, 0.25) is 10.0 Å². The van der Waals surface area contributed by atoms with Gasteiger partial charge in [0.05, 0.1) is 12.7 Å². The standard InChI is InChI=1S/C15H22N2O4S/c1-12-9-16(10-13-6-4-3-5-7-13)11-14(8-15(18)19)17(12)22(2,20)21/h3-7,12,14H,8-11H2,1-2H3,(H,18,19)/t12-,14+/m0/s1. The summed E-state index contributed by atoms with van der Waals surface area (Å²) >= 11 is 0. The van der Waals surface area contributed by atoms with Gasteiger partial charge in [-0.1, -0.05) is 30.3 Å². The second kappa shape index (κ2) is 6.76. The minimum atomic E-state index is -3.42. The highest BCUT2D eigenvalue weighted by Crippen LogP contribution is 2.23. The van der Waals surface area contributed by atoms with Crippen LogP contribution in [0.5, 0.6) is 0 Å². The predicted molar refractivity (Wildman–Crippen MR) is 83.9 cm³/mol. The molecule has 1 saturated heterocycles. The summed E-state index contributed by atoms with van der Waals surface area (Å²) in [6, 6.07) is 9.12. The molecule has 1 aromatic carbocycles. The summed E-state index contributed by atoms with van der Waals surface area (Å²) in [5.74, 6) is -0.979. The van der Waals surface area contributed by atoms with Gasteiger partial charge in [0.25, 0.3) is 0 Å². The van der Waals surface area contributed by atoms with Gasteiger partial charge in [-0.25, -0.2) is 8.42 Å². The quantitative estimate of drug-likeness (QED) is 0.873. The zero-order valence-electron chi connectivity index (χ0n) is 12.8. The topological polar surface area (TPSA) is 77.9 Å². The van der Waals surface area contributed by atoms with Gasteiger partial charge < -0.3 is 5.11 Å². The first-order chi connectivity index (χ1) is 10.3. The molecule has 0 bridgehead atoms. The Hall–Kier alpha value is -1.44. The molecule has 2 rings (SSSR count). The molecule has 1 aliphatic heterocycles. The maximum Gasteiger partial charge on any atom is 0.305 e. The Balaban J connectivity index is 2.16. The fraction of sp³-hybridized carbons (Fsp3) is 0.533. The number of carboxylic acids is 1. The zero-order chi connectivity index (χ0) is 16.3. The van der Waals surface area contributed by atoms with Crippen molar-refractivity contribution in [3.05, 3.63) is 35.9 Å². The highest BCUT2D eigenvalue weighted by atomic mass is 32.2. The molecule has 0 radical (unpaired) electrons. The first-order valence-corrected chi connectivity index (χ1v) is 9.09. The SMILES string of the molecule is C[C@H]1CN(Cc2ccccc2)C[C@@H](CC(=O)O)N1S(C)(=O)=O. The van der Waals surface area contributed by atoms with E-state index < -0.39 is 22.0 Å². The van der Waals surface area contributed by atoms with E-state index in [1.165, 1.54) is 4.31 Å². The van der Waals surface area contributed by atoms with Gasteiger partial charge in [-0.05, 0) is 12.5 Å². The molecule has 6 nitrogen and oxygen atoms in total. The van der Waals surface area contributed by atoms with Gasteiger partial charge in [-0.3, -0.25) is 9.69 Å². The smallest absolute Gasteiger partial charge is 0.305 e. The fourth-order valence-corrected chi connectivity index (χ4v) is 4.59. The van der Waals surface area contributed by atoms with Crippen molar-refractivity contribution in [2.75, 3.05) is 19.3 Å². The van der Waals surface area contributed by atoms with Crippen LogP contribution in [0.1, 0.15) is 18.9 Å². The van der Waals surface area contributed by atoms with Crippen molar-refractivity contribution in [1.82, 2.24) is 9.21 Å². The Labute approximate surface area is 131 Å². The van der Waals surface area contributed by atoms with Crippen molar-refractivity contribution in [3.8, 4) is 0 Å². The van der Waals surface area contributed by atoms with E-state index in [1.807, 2.05) is 37.3 Å². The molecule has 0 aliphatic carbocycles. The van der Waals surface area contributed by atoms with Crippen LogP contribution in [-0.4, -0.2) is 60.1 Å². The molecule has 22 heavy (non-hydrogen) atoms. The lowest BCUT2D eigenvalue weighted by molar-refractivity contribution is -0.138. The molecule has 0 amide bonds. The Morgan fingerprint density at radius 1 is 1.27 bits per heavy atom. The minimum absolute atomic E-state index is 0.178. The fourth-order valence-electron chi connectivity index (χ4n) is 3.19. The first kappa shape index (κ1) is 16.9. The molecule has 0 aromatic heterocycles.